The Bertz CT molecular complexity index is 473. The van der Waals surface area contributed by atoms with Crippen LogP contribution >= 0.6 is 0 Å². The summed E-state index contributed by atoms with van der Waals surface area (Å²) in [6, 6.07) is 1.64. The van der Waals surface area contributed by atoms with Crippen LogP contribution in [0.15, 0.2) is 12.1 Å². The first-order chi connectivity index (χ1) is 8.47. The van der Waals surface area contributed by atoms with E-state index in [0.717, 1.165) is 12.1 Å². The van der Waals surface area contributed by atoms with E-state index in [-0.39, 0.29) is 17.7 Å². The van der Waals surface area contributed by atoms with E-state index in [1.165, 1.54) is 0 Å². The first-order valence-electron chi connectivity index (χ1n) is 5.68. The van der Waals surface area contributed by atoms with Gasteiger partial charge in [0, 0.05) is 6.54 Å². The number of halogens is 2. The molecule has 0 atom stereocenters. The molecule has 1 aliphatic carbocycles. The molecule has 0 bridgehead atoms. The number of carbonyl (C=O) groups is 1. The van der Waals surface area contributed by atoms with E-state index in [1.807, 2.05) is 0 Å². The van der Waals surface area contributed by atoms with Crippen molar-refractivity contribution in [1.29, 1.82) is 0 Å². The van der Waals surface area contributed by atoms with Crippen LogP contribution in [0.5, 0.6) is 0 Å². The SMILES string of the molecule is Nc1cc(F)cc(C(=O)NCC2CC(O)C2)c1F. The molecule has 1 amide bonds. The van der Waals surface area contributed by atoms with Crippen LogP contribution in [0.2, 0.25) is 0 Å². The number of nitrogen functional groups attached to an aromatic ring is 1. The minimum atomic E-state index is -0.914. The van der Waals surface area contributed by atoms with Gasteiger partial charge < -0.3 is 16.2 Å². The third-order valence-electron chi connectivity index (χ3n) is 3.07. The van der Waals surface area contributed by atoms with Crippen molar-refractivity contribution in [2.45, 2.75) is 18.9 Å². The van der Waals surface area contributed by atoms with Gasteiger partial charge in [0.05, 0.1) is 17.4 Å². The molecular weight excluding hydrogens is 242 g/mol. The summed E-state index contributed by atoms with van der Waals surface area (Å²) in [6.45, 7) is 0.339. The summed E-state index contributed by atoms with van der Waals surface area (Å²) in [6.07, 6.45) is 0.927. The van der Waals surface area contributed by atoms with Crippen LogP contribution in [0, 0.1) is 17.6 Å². The molecule has 0 unspecified atom stereocenters. The summed E-state index contributed by atoms with van der Waals surface area (Å²) in [7, 11) is 0. The molecule has 4 N–H and O–H groups in total. The maximum atomic E-state index is 13.5. The number of nitrogens with one attached hydrogen (secondary N) is 1. The van der Waals surface area contributed by atoms with Crippen LogP contribution in [-0.4, -0.2) is 23.7 Å². The lowest BCUT2D eigenvalue weighted by Gasteiger charge is -2.31. The molecule has 0 aromatic heterocycles. The second-order valence-corrected chi connectivity index (χ2v) is 4.56. The molecule has 0 radical (unpaired) electrons. The van der Waals surface area contributed by atoms with Crippen molar-refractivity contribution in [3.05, 3.63) is 29.3 Å². The van der Waals surface area contributed by atoms with Crippen LogP contribution in [-0.2, 0) is 0 Å². The fourth-order valence-electron chi connectivity index (χ4n) is 1.97. The zero-order valence-corrected chi connectivity index (χ0v) is 9.62. The summed E-state index contributed by atoms with van der Waals surface area (Å²) in [5.41, 5.74) is 4.46. The second-order valence-electron chi connectivity index (χ2n) is 4.56. The van der Waals surface area contributed by atoms with Gasteiger partial charge >= 0.3 is 0 Å². The number of aliphatic hydroxyl groups excluding tert-OH is 1. The van der Waals surface area contributed by atoms with Gasteiger partial charge in [0.15, 0.2) is 5.82 Å². The Morgan fingerprint density at radius 2 is 2.11 bits per heavy atom. The van der Waals surface area contributed by atoms with Gasteiger partial charge in [-0.3, -0.25) is 4.79 Å². The Morgan fingerprint density at radius 1 is 1.44 bits per heavy atom. The first-order valence-corrected chi connectivity index (χ1v) is 5.68. The Labute approximate surface area is 103 Å². The topological polar surface area (TPSA) is 75.4 Å². The number of anilines is 1. The summed E-state index contributed by atoms with van der Waals surface area (Å²) >= 11 is 0. The maximum Gasteiger partial charge on any atom is 0.254 e. The molecule has 1 aliphatic rings. The normalized spacial score (nSPS) is 22.4. The standard InChI is InChI=1S/C12H14F2N2O2/c13-7-3-9(11(14)10(15)4-7)12(18)16-5-6-1-8(17)2-6/h3-4,6,8,17H,1-2,5,15H2,(H,16,18). The van der Waals surface area contributed by atoms with Crippen molar-refractivity contribution in [3.8, 4) is 0 Å². The summed E-state index contributed by atoms with van der Waals surface area (Å²) < 4.78 is 26.6. The third-order valence-corrected chi connectivity index (χ3v) is 3.07. The monoisotopic (exact) mass is 256 g/mol. The second kappa shape index (κ2) is 4.89. The van der Waals surface area contributed by atoms with E-state index < -0.39 is 23.1 Å². The minimum Gasteiger partial charge on any atom is -0.396 e. The molecule has 1 aromatic carbocycles. The van der Waals surface area contributed by atoms with Crippen LogP contribution in [0.3, 0.4) is 0 Å². The van der Waals surface area contributed by atoms with E-state index >= 15 is 0 Å². The highest BCUT2D eigenvalue weighted by Gasteiger charge is 2.27. The largest absolute Gasteiger partial charge is 0.396 e. The van der Waals surface area contributed by atoms with Crippen molar-refractivity contribution >= 4 is 11.6 Å². The Hall–Kier alpha value is -1.69. The van der Waals surface area contributed by atoms with Gasteiger partial charge in [-0.05, 0) is 30.9 Å². The molecule has 0 saturated heterocycles. The van der Waals surface area contributed by atoms with Gasteiger partial charge in [0.1, 0.15) is 5.82 Å². The molecule has 4 nitrogen and oxygen atoms in total. The minimum absolute atomic E-state index is 0.193. The van der Waals surface area contributed by atoms with Crippen LogP contribution in [0.25, 0.3) is 0 Å². The highest BCUT2D eigenvalue weighted by atomic mass is 19.1. The number of carbonyl (C=O) groups excluding carboxylic acids is 1. The number of rotatable bonds is 3. The smallest absolute Gasteiger partial charge is 0.254 e. The third kappa shape index (κ3) is 2.59. The van der Waals surface area contributed by atoms with Crippen LogP contribution in [0.1, 0.15) is 23.2 Å². The molecular formula is C12H14F2N2O2. The summed E-state index contributed by atoms with van der Waals surface area (Å²) in [5.74, 6) is -2.17. The fourth-order valence-corrected chi connectivity index (χ4v) is 1.97. The predicted molar refractivity (Wildman–Crippen MR) is 61.8 cm³/mol. The molecule has 0 aliphatic heterocycles. The molecule has 0 heterocycles. The number of amides is 1. The molecule has 18 heavy (non-hydrogen) atoms. The van der Waals surface area contributed by atoms with E-state index in [0.29, 0.717) is 19.4 Å². The van der Waals surface area contributed by atoms with Crippen molar-refractivity contribution in [2.75, 3.05) is 12.3 Å². The number of nitrogens with two attached hydrogens (primary N) is 1. The molecule has 1 aromatic rings. The number of benzene rings is 1. The van der Waals surface area contributed by atoms with Gasteiger partial charge in [-0.1, -0.05) is 0 Å². The highest BCUT2D eigenvalue weighted by Crippen LogP contribution is 2.26. The first kappa shape index (κ1) is 12.8. The lowest BCUT2D eigenvalue weighted by molar-refractivity contribution is 0.0420. The van der Waals surface area contributed by atoms with E-state index in [2.05, 4.69) is 5.32 Å². The lowest BCUT2D eigenvalue weighted by atomic mass is 9.82. The molecule has 2 rings (SSSR count). The van der Waals surface area contributed by atoms with E-state index in [1.54, 1.807) is 0 Å². The maximum absolute atomic E-state index is 13.5. The number of hydrogen-bond acceptors (Lipinski definition) is 3. The van der Waals surface area contributed by atoms with Crippen molar-refractivity contribution in [1.82, 2.24) is 5.32 Å². The highest BCUT2D eigenvalue weighted by molar-refractivity contribution is 5.95. The quantitative estimate of drug-likeness (QED) is 0.707. The number of hydrogen-bond donors (Lipinski definition) is 3. The zero-order chi connectivity index (χ0) is 13.3. The molecule has 98 valence electrons. The average Bonchev–Trinajstić information content (AvgIpc) is 2.27. The van der Waals surface area contributed by atoms with Crippen molar-refractivity contribution < 1.29 is 18.7 Å². The molecule has 1 fully saturated rings. The summed E-state index contributed by atoms with van der Waals surface area (Å²) in [4.78, 5) is 11.7. The van der Waals surface area contributed by atoms with Crippen molar-refractivity contribution in [3.63, 3.8) is 0 Å². The average molecular weight is 256 g/mol. The van der Waals surface area contributed by atoms with Gasteiger partial charge in [0.25, 0.3) is 5.91 Å². The zero-order valence-electron chi connectivity index (χ0n) is 9.62. The molecule has 0 spiro atoms. The van der Waals surface area contributed by atoms with Gasteiger partial charge in [-0.15, -0.1) is 0 Å². The fraction of sp³-hybridized carbons (Fsp3) is 0.417. The van der Waals surface area contributed by atoms with Crippen molar-refractivity contribution in [2.24, 2.45) is 5.92 Å². The van der Waals surface area contributed by atoms with E-state index in [4.69, 9.17) is 10.8 Å². The Kier molecular flexibility index (Phi) is 3.47. The molecule has 6 heteroatoms. The van der Waals surface area contributed by atoms with Gasteiger partial charge in [-0.25, -0.2) is 8.78 Å². The van der Waals surface area contributed by atoms with Gasteiger partial charge in [0.2, 0.25) is 0 Å². The van der Waals surface area contributed by atoms with Crippen LogP contribution in [0.4, 0.5) is 14.5 Å². The van der Waals surface area contributed by atoms with Crippen LogP contribution < -0.4 is 11.1 Å². The van der Waals surface area contributed by atoms with Gasteiger partial charge in [-0.2, -0.15) is 0 Å². The number of aliphatic hydroxyl groups is 1. The lowest BCUT2D eigenvalue weighted by Crippen LogP contribution is -2.38. The Morgan fingerprint density at radius 3 is 2.72 bits per heavy atom. The molecule has 1 saturated carbocycles. The predicted octanol–water partition coefficient (Wildman–Crippen LogP) is 1.05. The Balaban J connectivity index is 2.00. The van der Waals surface area contributed by atoms with E-state index in [9.17, 15) is 13.6 Å². The summed E-state index contributed by atoms with van der Waals surface area (Å²) in [5, 5.41) is 11.6.